The second kappa shape index (κ2) is 14.1. The van der Waals surface area contributed by atoms with Gasteiger partial charge in [-0.15, -0.1) is 0 Å². The Kier molecular flexibility index (Phi) is 9.40. The third kappa shape index (κ3) is 6.84. The van der Waals surface area contributed by atoms with Crippen molar-refractivity contribution in [2.24, 2.45) is 5.41 Å². The minimum Gasteiger partial charge on any atom is -0.371 e. The maximum Gasteiger partial charge on any atom is 0.417 e. The fourth-order valence-corrected chi connectivity index (χ4v) is 8.83. The average molecular weight is 816 g/mol. The van der Waals surface area contributed by atoms with E-state index < -0.39 is 35.3 Å². The highest BCUT2D eigenvalue weighted by atomic mass is 79.9. The van der Waals surface area contributed by atoms with Crippen LogP contribution in [0.15, 0.2) is 94.6 Å². The number of aromatic nitrogens is 4. The molecule has 15 heteroatoms. The number of rotatable bonds is 7. The highest BCUT2D eigenvalue weighted by molar-refractivity contribution is 9.10. The van der Waals surface area contributed by atoms with Crippen molar-refractivity contribution >= 4 is 33.4 Å². The van der Waals surface area contributed by atoms with Crippen LogP contribution in [0, 0.1) is 5.41 Å². The van der Waals surface area contributed by atoms with E-state index in [-0.39, 0.29) is 41.1 Å². The van der Waals surface area contributed by atoms with Gasteiger partial charge in [-0.25, -0.2) is 14.8 Å². The predicted molar refractivity (Wildman–Crippen MR) is 204 cm³/mol. The van der Waals surface area contributed by atoms with Gasteiger partial charge in [-0.3, -0.25) is 18.7 Å². The Bertz CT molecular complexity index is 2340. The largest absolute Gasteiger partial charge is 0.417 e. The molecule has 0 bridgehead atoms. The van der Waals surface area contributed by atoms with Gasteiger partial charge >= 0.3 is 11.9 Å². The SMILES string of the molecule is C[C@H]1Cn2c(c(C(=O)NCc3ccccc3-c3ccncn3)n(-c3ccc(N4CCC5(CN(C)C5)C4)cc3)c2=O)CN1C(=O)c1ccc(Br)c(C(F)(F)F)c1. The first-order chi connectivity index (χ1) is 26.3. The minimum atomic E-state index is -4.68. The molecule has 2 fully saturated rings. The Morgan fingerprint density at radius 3 is 2.45 bits per heavy atom. The Balaban J connectivity index is 1.15. The molecule has 0 radical (unpaired) electrons. The second-order valence-corrected chi connectivity index (χ2v) is 15.6. The van der Waals surface area contributed by atoms with E-state index in [1.54, 1.807) is 19.2 Å². The number of hydrogen-bond donors (Lipinski definition) is 1. The molecule has 2 amide bonds. The molecule has 0 saturated carbocycles. The molecule has 1 N–H and O–H groups in total. The third-order valence-electron chi connectivity index (χ3n) is 11.0. The van der Waals surface area contributed by atoms with Crippen molar-refractivity contribution in [3.63, 3.8) is 0 Å². The molecule has 5 aromatic rings. The number of fused-ring (bicyclic) bond motifs is 1. The summed E-state index contributed by atoms with van der Waals surface area (Å²) in [5.74, 6) is -1.19. The molecule has 8 rings (SSSR count). The number of amides is 2. The lowest BCUT2D eigenvalue weighted by Gasteiger charge is -2.46. The topological polar surface area (TPSA) is 109 Å². The van der Waals surface area contributed by atoms with E-state index in [4.69, 9.17) is 0 Å². The number of benzene rings is 3. The predicted octanol–water partition coefficient (Wildman–Crippen LogP) is 5.99. The van der Waals surface area contributed by atoms with Gasteiger partial charge in [-0.1, -0.05) is 40.2 Å². The van der Waals surface area contributed by atoms with Crippen molar-refractivity contribution in [1.82, 2.24) is 34.2 Å². The number of halogens is 4. The Morgan fingerprint density at radius 2 is 1.75 bits per heavy atom. The van der Waals surface area contributed by atoms with Crippen LogP contribution in [0.2, 0.25) is 0 Å². The summed E-state index contributed by atoms with van der Waals surface area (Å²) in [5, 5.41) is 3.00. The van der Waals surface area contributed by atoms with Crippen molar-refractivity contribution in [2.75, 3.05) is 38.1 Å². The minimum absolute atomic E-state index is 0.0365. The highest BCUT2D eigenvalue weighted by Crippen LogP contribution is 2.41. The van der Waals surface area contributed by atoms with Crippen molar-refractivity contribution in [3.05, 3.63) is 128 Å². The number of carbonyl (C=O) groups excluding carboxylic acids is 2. The zero-order valence-electron chi connectivity index (χ0n) is 30.2. The second-order valence-electron chi connectivity index (χ2n) is 14.8. The molecule has 1 spiro atoms. The fourth-order valence-electron chi connectivity index (χ4n) is 8.36. The van der Waals surface area contributed by atoms with Crippen LogP contribution in [0.1, 0.15) is 51.0 Å². The molecule has 1 atom stereocenters. The summed E-state index contributed by atoms with van der Waals surface area (Å²) in [7, 11) is 2.13. The number of nitrogens with one attached hydrogen (secondary N) is 1. The van der Waals surface area contributed by atoms with Gasteiger partial charge in [0.1, 0.15) is 12.0 Å². The molecule has 2 aromatic heterocycles. The molecule has 3 aromatic carbocycles. The third-order valence-corrected chi connectivity index (χ3v) is 11.7. The number of hydrogen-bond acceptors (Lipinski definition) is 7. The fraction of sp³-hybridized carbons (Fsp3) is 0.325. The van der Waals surface area contributed by atoms with Gasteiger partial charge in [0, 0.05) is 78.2 Å². The van der Waals surface area contributed by atoms with Gasteiger partial charge in [-0.2, -0.15) is 13.2 Å². The van der Waals surface area contributed by atoms with Gasteiger partial charge in [0.05, 0.1) is 29.2 Å². The average Bonchev–Trinajstić information content (AvgIpc) is 3.72. The van der Waals surface area contributed by atoms with E-state index in [0.717, 1.165) is 55.5 Å². The van der Waals surface area contributed by atoms with Gasteiger partial charge < -0.3 is 20.0 Å². The maximum absolute atomic E-state index is 14.4. The molecule has 3 aliphatic heterocycles. The smallest absolute Gasteiger partial charge is 0.371 e. The molecule has 284 valence electrons. The Morgan fingerprint density at radius 1 is 1.00 bits per heavy atom. The summed E-state index contributed by atoms with van der Waals surface area (Å²) < 4.78 is 44.1. The molecule has 0 aliphatic carbocycles. The summed E-state index contributed by atoms with van der Waals surface area (Å²) in [6.07, 6.45) is -0.491. The molecule has 11 nitrogen and oxygen atoms in total. The van der Waals surface area contributed by atoms with E-state index in [0.29, 0.717) is 16.8 Å². The number of imidazole rings is 1. The number of carbonyl (C=O) groups is 2. The normalized spacial score (nSPS) is 18.0. The van der Waals surface area contributed by atoms with Gasteiger partial charge in [-0.05, 0) is 74.5 Å². The number of alkyl halides is 3. The van der Waals surface area contributed by atoms with Crippen LogP contribution in [0.4, 0.5) is 18.9 Å². The summed E-state index contributed by atoms with van der Waals surface area (Å²) >= 11 is 2.95. The summed E-state index contributed by atoms with van der Waals surface area (Å²) in [4.78, 5) is 57.1. The summed E-state index contributed by atoms with van der Waals surface area (Å²) in [5.41, 5.74) is 2.81. The number of anilines is 1. The summed E-state index contributed by atoms with van der Waals surface area (Å²) in [6.45, 7) is 5.71. The maximum atomic E-state index is 14.4. The van der Waals surface area contributed by atoms with Crippen LogP contribution in [-0.4, -0.2) is 80.0 Å². The number of likely N-dealkylation sites (tertiary alicyclic amines) is 1. The Labute approximate surface area is 323 Å². The van der Waals surface area contributed by atoms with Crippen molar-refractivity contribution in [3.8, 4) is 16.9 Å². The summed E-state index contributed by atoms with van der Waals surface area (Å²) in [6, 6.07) is 19.6. The molecule has 0 unspecified atom stereocenters. The first kappa shape index (κ1) is 36.7. The lowest BCUT2D eigenvalue weighted by molar-refractivity contribution is -0.138. The molecule has 55 heavy (non-hydrogen) atoms. The van der Waals surface area contributed by atoms with E-state index in [9.17, 15) is 27.6 Å². The number of nitrogens with zero attached hydrogens (tertiary/aromatic N) is 7. The molecule has 5 heterocycles. The van der Waals surface area contributed by atoms with Crippen LogP contribution in [0.25, 0.3) is 16.9 Å². The van der Waals surface area contributed by atoms with Gasteiger partial charge in [0.15, 0.2) is 0 Å². The quantitative estimate of drug-likeness (QED) is 0.215. The van der Waals surface area contributed by atoms with Gasteiger partial charge in [0.2, 0.25) is 0 Å². The van der Waals surface area contributed by atoms with Crippen molar-refractivity contribution in [1.29, 1.82) is 0 Å². The van der Waals surface area contributed by atoms with Crippen LogP contribution in [0.3, 0.4) is 0 Å². The van der Waals surface area contributed by atoms with E-state index in [1.165, 1.54) is 32.5 Å². The molecule has 3 aliphatic rings. The van der Waals surface area contributed by atoms with Crippen LogP contribution in [-0.2, 0) is 25.8 Å². The Hall–Kier alpha value is -5.28. The van der Waals surface area contributed by atoms with E-state index in [1.807, 2.05) is 48.5 Å². The van der Waals surface area contributed by atoms with Crippen LogP contribution >= 0.6 is 15.9 Å². The first-order valence-electron chi connectivity index (χ1n) is 18.0. The standard InChI is InChI=1S/C40H38BrF3N8O3/c1-25-19-51-34(20-50(25)37(54)26-7-12-32(41)31(17-26)40(42,43)44)35(36(53)46-18-27-5-3-4-6-30(27)33-13-15-45-24-47-33)52(38(51)55)29-10-8-28(9-11-29)49-16-14-39(23-49)21-48(2)22-39/h3-13,15,17,24-25H,14,16,18-23H2,1-2H3,(H,46,53)/t25-/m0/s1. The van der Waals surface area contributed by atoms with Crippen molar-refractivity contribution in [2.45, 2.75) is 45.2 Å². The molecule has 2 saturated heterocycles. The zero-order chi connectivity index (χ0) is 38.6. The van der Waals surface area contributed by atoms with Crippen molar-refractivity contribution < 1.29 is 22.8 Å². The van der Waals surface area contributed by atoms with Gasteiger partial charge in [0.25, 0.3) is 11.8 Å². The van der Waals surface area contributed by atoms with E-state index >= 15 is 0 Å². The lowest BCUT2D eigenvalue weighted by atomic mass is 9.79. The van der Waals surface area contributed by atoms with Crippen LogP contribution in [0.5, 0.6) is 0 Å². The lowest BCUT2D eigenvalue weighted by Crippen LogP contribution is -2.55. The molecular weight excluding hydrogens is 777 g/mol. The van der Waals surface area contributed by atoms with E-state index in [2.05, 4.69) is 48.1 Å². The molecular formula is C40H38BrF3N8O3. The first-order valence-corrected chi connectivity index (χ1v) is 18.8. The monoisotopic (exact) mass is 814 g/mol. The zero-order valence-corrected chi connectivity index (χ0v) is 31.8. The highest BCUT2D eigenvalue weighted by Gasteiger charge is 2.46. The van der Waals surface area contributed by atoms with Crippen LogP contribution < -0.4 is 15.9 Å².